The Morgan fingerprint density at radius 2 is 1.87 bits per heavy atom. The standard InChI is InChI=1S/C34H37FO3/c1-21-8-13-31(35)27(16-21)25-12-9-22(17-26(25)28-7-5-14-33(28,2)3)20-38-24-11-10-23-6-4-15-34(29(23)18-24)19-30(34)32(36)37/h8-13,16-18,28,30H,4-7,14-15,19-20H2,1-3H3,(H,36,37)/t28-,30-,34-/m0/s1. The lowest BCUT2D eigenvalue weighted by Crippen LogP contribution is -2.21. The number of benzene rings is 3. The van der Waals surface area contributed by atoms with Crippen LogP contribution in [0.5, 0.6) is 5.75 Å². The summed E-state index contributed by atoms with van der Waals surface area (Å²) in [5, 5.41) is 9.65. The van der Waals surface area contributed by atoms with Crippen molar-refractivity contribution >= 4 is 5.97 Å². The Morgan fingerprint density at radius 3 is 2.61 bits per heavy atom. The average molecular weight is 513 g/mol. The zero-order valence-corrected chi connectivity index (χ0v) is 22.6. The van der Waals surface area contributed by atoms with Crippen molar-refractivity contribution in [2.45, 2.75) is 83.7 Å². The molecule has 1 N–H and O–H groups in total. The van der Waals surface area contributed by atoms with Gasteiger partial charge in [-0.25, -0.2) is 4.39 Å². The molecule has 0 heterocycles. The third kappa shape index (κ3) is 4.32. The van der Waals surface area contributed by atoms with Gasteiger partial charge in [-0.15, -0.1) is 0 Å². The van der Waals surface area contributed by atoms with Gasteiger partial charge in [-0.05, 0) is 109 Å². The first-order valence-electron chi connectivity index (χ1n) is 14.1. The minimum absolute atomic E-state index is 0.159. The molecule has 0 bridgehead atoms. The maximum absolute atomic E-state index is 15.0. The van der Waals surface area contributed by atoms with Crippen LogP contribution in [0.15, 0.2) is 54.6 Å². The summed E-state index contributed by atoms with van der Waals surface area (Å²) in [5.41, 5.74) is 7.39. The van der Waals surface area contributed by atoms with Crippen molar-refractivity contribution in [1.29, 1.82) is 0 Å². The van der Waals surface area contributed by atoms with Gasteiger partial charge in [0.1, 0.15) is 18.2 Å². The molecule has 3 aromatic rings. The first kappa shape index (κ1) is 25.2. The molecular formula is C34H37FO3. The number of carbonyl (C=O) groups is 1. The second-order valence-corrected chi connectivity index (χ2v) is 12.6. The Morgan fingerprint density at radius 1 is 1.03 bits per heavy atom. The van der Waals surface area contributed by atoms with Crippen molar-refractivity contribution < 1.29 is 19.0 Å². The van der Waals surface area contributed by atoms with Crippen LogP contribution < -0.4 is 4.74 Å². The number of aliphatic carboxylic acids is 1. The molecule has 6 rings (SSSR count). The number of hydrogen-bond acceptors (Lipinski definition) is 2. The van der Waals surface area contributed by atoms with Gasteiger partial charge in [-0.2, -0.15) is 0 Å². The van der Waals surface area contributed by atoms with E-state index in [1.807, 2.05) is 25.1 Å². The van der Waals surface area contributed by atoms with E-state index >= 15 is 4.39 Å². The van der Waals surface area contributed by atoms with Crippen LogP contribution in [0.4, 0.5) is 4.39 Å². The van der Waals surface area contributed by atoms with Crippen LogP contribution in [0.25, 0.3) is 11.1 Å². The molecule has 3 aliphatic carbocycles. The Balaban J connectivity index is 1.30. The number of carboxylic acid groups (broad SMARTS) is 1. The average Bonchev–Trinajstić information content (AvgIpc) is 3.50. The van der Waals surface area contributed by atoms with Crippen LogP contribution in [-0.2, 0) is 23.2 Å². The molecular weight excluding hydrogens is 475 g/mol. The third-order valence-corrected chi connectivity index (χ3v) is 9.63. The van der Waals surface area contributed by atoms with E-state index in [4.69, 9.17) is 4.74 Å². The maximum atomic E-state index is 15.0. The number of rotatable bonds is 6. The van der Waals surface area contributed by atoms with Gasteiger partial charge >= 0.3 is 5.97 Å². The molecule has 3 nitrogen and oxygen atoms in total. The highest BCUT2D eigenvalue weighted by Crippen LogP contribution is 2.60. The highest BCUT2D eigenvalue weighted by molar-refractivity contribution is 5.78. The molecule has 3 aliphatic rings. The fourth-order valence-electron chi connectivity index (χ4n) is 7.41. The van der Waals surface area contributed by atoms with E-state index in [0.717, 1.165) is 54.5 Å². The molecule has 2 saturated carbocycles. The zero-order chi connectivity index (χ0) is 26.7. The highest BCUT2D eigenvalue weighted by Gasteiger charge is 2.60. The molecule has 0 aliphatic heterocycles. The topological polar surface area (TPSA) is 46.5 Å². The minimum atomic E-state index is -0.684. The van der Waals surface area contributed by atoms with E-state index in [9.17, 15) is 9.90 Å². The zero-order valence-electron chi connectivity index (χ0n) is 22.6. The first-order valence-corrected chi connectivity index (χ1v) is 14.1. The van der Waals surface area contributed by atoms with E-state index in [2.05, 4.69) is 44.2 Å². The molecule has 3 aromatic carbocycles. The number of hydrogen-bond donors (Lipinski definition) is 1. The summed E-state index contributed by atoms with van der Waals surface area (Å²) < 4.78 is 21.3. The third-order valence-electron chi connectivity index (χ3n) is 9.63. The van der Waals surface area contributed by atoms with Crippen molar-refractivity contribution in [3.05, 3.63) is 88.2 Å². The normalized spacial score (nSPS) is 25.3. The molecule has 2 fully saturated rings. The first-order chi connectivity index (χ1) is 18.2. The van der Waals surface area contributed by atoms with Crippen LogP contribution in [0, 0.1) is 24.1 Å². The van der Waals surface area contributed by atoms with Crippen molar-refractivity contribution in [1.82, 2.24) is 0 Å². The molecule has 0 unspecified atom stereocenters. The van der Waals surface area contributed by atoms with Crippen LogP contribution >= 0.6 is 0 Å². The lowest BCUT2D eigenvalue weighted by molar-refractivity contribution is -0.139. The van der Waals surface area contributed by atoms with Gasteiger partial charge in [0, 0.05) is 11.0 Å². The molecule has 198 valence electrons. The number of fused-ring (bicyclic) bond motifs is 2. The Labute approximate surface area is 225 Å². The Bertz CT molecular complexity index is 1410. The van der Waals surface area contributed by atoms with Crippen molar-refractivity contribution in [3.8, 4) is 16.9 Å². The monoisotopic (exact) mass is 512 g/mol. The van der Waals surface area contributed by atoms with Gasteiger partial charge in [0.05, 0.1) is 5.92 Å². The second-order valence-electron chi connectivity index (χ2n) is 12.6. The summed E-state index contributed by atoms with van der Waals surface area (Å²) in [6.07, 6.45) is 7.18. The molecule has 0 radical (unpaired) electrons. The molecule has 0 saturated heterocycles. The van der Waals surface area contributed by atoms with Gasteiger partial charge in [0.25, 0.3) is 0 Å². The Hall–Kier alpha value is -3.14. The number of ether oxygens (including phenoxy) is 1. The largest absolute Gasteiger partial charge is 0.489 e. The second kappa shape index (κ2) is 9.25. The molecule has 1 spiro atoms. The van der Waals surface area contributed by atoms with Crippen LogP contribution in [0.2, 0.25) is 0 Å². The predicted molar refractivity (Wildman–Crippen MR) is 148 cm³/mol. The van der Waals surface area contributed by atoms with Crippen LogP contribution in [-0.4, -0.2) is 11.1 Å². The maximum Gasteiger partial charge on any atom is 0.307 e. The molecule has 3 atom stereocenters. The molecule has 38 heavy (non-hydrogen) atoms. The van der Waals surface area contributed by atoms with Gasteiger partial charge in [0.2, 0.25) is 0 Å². The van der Waals surface area contributed by atoms with E-state index in [1.165, 1.54) is 29.5 Å². The predicted octanol–water partition coefficient (Wildman–Crippen LogP) is 8.35. The summed E-state index contributed by atoms with van der Waals surface area (Å²) in [4.78, 5) is 11.7. The minimum Gasteiger partial charge on any atom is -0.489 e. The summed E-state index contributed by atoms with van der Waals surface area (Å²) in [6.45, 7) is 7.09. The van der Waals surface area contributed by atoms with E-state index < -0.39 is 5.97 Å². The molecule has 4 heteroatoms. The molecule has 0 aromatic heterocycles. The SMILES string of the molecule is Cc1ccc(F)c(-c2ccc(COc3ccc4c(c3)[C@]3(CCC4)C[C@H]3C(=O)O)cc2[C@@H]2CCCC2(C)C)c1. The van der Waals surface area contributed by atoms with Crippen LogP contribution in [0.1, 0.15) is 86.1 Å². The van der Waals surface area contributed by atoms with E-state index in [1.54, 1.807) is 6.07 Å². The summed E-state index contributed by atoms with van der Waals surface area (Å²) in [5.74, 6) is 0.0149. The fraction of sp³-hybridized carbons (Fsp3) is 0.441. The summed E-state index contributed by atoms with van der Waals surface area (Å²) >= 11 is 0. The van der Waals surface area contributed by atoms with E-state index in [0.29, 0.717) is 18.1 Å². The quantitative estimate of drug-likeness (QED) is 0.361. The summed E-state index contributed by atoms with van der Waals surface area (Å²) in [7, 11) is 0. The lowest BCUT2D eigenvalue weighted by atomic mass is 9.75. The van der Waals surface area contributed by atoms with E-state index in [-0.39, 0.29) is 22.6 Å². The van der Waals surface area contributed by atoms with Gasteiger partial charge < -0.3 is 9.84 Å². The lowest BCUT2D eigenvalue weighted by Gasteiger charge is -2.30. The fourth-order valence-corrected chi connectivity index (χ4v) is 7.41. The number of carboxylic acids is 1. The van der Waals surface area contributed by atoms with Gasteiger partial charge in [-0.1, -0.05) is 56.2 Å². The molecule has 0 amide bonds. The van der Waals surface area contributed by atoms with Crippen molar-refractivity contribution in [3.63, 3.8) is 0 Å². The van der Waals surface area contributed by atoms with Crippen LogP contribution in [0.3, 0.4) is 0 Å². The van der Waals surface area contributed by atoms with Gasteiger partial charge in [-0.3, -0.25) is 4.79 Å². The highest BCUT2D eigenvalue weighted by atomic mass is 19.1. The Kier molecular flexibility index (Phi) is 6.13. The number of halogens is 1. The van der Waals surface area contributed by atoms with Gasteiger partial charge in [0.15, 0.2) is 0 Å². The summed E-state index contributed by atoms with van der Waals surface area (Å²) in [6, 6.07) is 18.0. The van der Waals surface area contributed by atoms with Crippen molar-refractivity contribution in [2.75, 3.05) is 0 Å². The van der Waals surface area contributed by atoms with Crippen molar-refractivity contribution in [2.24, 2.45) is 11.3 Å². The smallest absolute Gasteiger partial charge is 0.307 e. The number of aryl methyl sites for hydroxylation is 2.